The number of carbonyl (C=O) groups excluding carboxylic acids is 1. The smallest absolute Gasteiger partial charge is 0.222 e. The molecule has 2 saturated heterocycles. The van der Waals surface area contributed by atoms with Gasteiger partial charge < -0.3 is 9.88 Å². The van der Waals surface area contributed by atoms with Crippen molar-refractivity contribution in [3.8, 4) is 0 Å². The van der Waals surface area contributed by atoms with Crippen LogP contribution in [0.3, 0.4) is 0 Å². The Labute approximate surface area is 153 Å². The van der Waals surface area contributed by atoms with Crippen LogP contribution in [0.5, 0.6) is 0 Å². The van der Waals surface area contributed by atoms with Crippen LogP contribution in [0.1, 0.15) is 30.5 Å². The molecule has 0 spiro atoms. The first kappa shape index (κ1) is 17.2. The number of aromatic nitrogens is 2. The Hall–Kier alpha value is -2.21. The first-order valence-electron chi connectivity index (χ1n) is 9.42. The second-order valence-corrected chi connectivity index (χ2v) is 7.43. The van der Waals surface area contributed by atoms with Gasteiger partial charge in [-0.2, -0.15) is 0 Å². The predicted octanol–water partition coefficient (Wildman–Crippen LogP) is 2.60. The van der Waals surface area contributed by atoms with E-state index in [1.165, 1.54) is 6.07 Å². The van der Waals surface area contributed by atoms with Crippen LogP contribution < -0.4 is 0 Å². The van der Waals surface area contributed by atoms with E-state index >= 15 is 0 Å². The third kappa shape index (κ3) is 3.80. The number of fused-ring (bicyclic) bond motifs is 1. The van der Waals surface area contributed by atoms with Gasteiger partial charge in [-0.1, -0.05) is 12.1 Å². The van der Waals surface area contributed by atoms with Crippen molar-refractivity contribution in [1.29, 1.82) is 0 Å². The third-order valence-corrected chi connectivity index (χ3v) is 5.70. The van der Waals surface area contributed by atoms with Crippen LogP contribution in [0.15, 0.2) is 36.8 Å². The maximum Gasteiger partial charge on any atom is 0.222 e. The van der Waals surface area contributed by atoms with E-state index in [2.05, 4.69) is 19.8 Å². The number of aromatic amines is 1. The zero-order valence-corrected chi connectivity index (χ0v) is 14.9. The number of hydrogen-bond donors (Lipinski definition) is 1. The predicted molar refractivity (Wildman–Crippen MR) is 96.8 cm³/mol. The average Bonchev–Trinajstić information content (AvgIpc) is 3.14. The highest BCUT2D eigenvalue weighted by Gasteiger charge is 2.38. The molecule has 0 bridgehead atoms. The molecule has 2 atom stereocenters. The molecule has 2 aliphatic rings. The van der Waals surface area contributed by atoms with Crippen molar-refractivity contribution < 1.29 is 9.18 Å². The number of imidazole rings is 1. The minimum absolute atomic E-state index is 0.175. The van der Waals surface area contributed by atoms with E-state index in [1.807, 2.05) is 12.3 Å². The van der Waals surface area contributed by atoms with Gasteiger partial charge in [-0.15, -0.1) is 0 Å². The van der Waals surface area contributed by atoms with E-state index in [4.69, 9.17) is 0 Å². The first-order valence-corrected chi connectivity index (χ1v) is 9.42. The van der Waals surface area contributed by atoms with Crippen LogP contribution in [-0.2, 0) is 17.8 Å². The lowest BCUT2D eigenvalue weighted by atomic mass is 9.83. The van der Waals surface area contributed by atoms with Gasteiger partial charge >= 0.3 is 0 Å². The number of carbonyl (C=O) groups is 1. The molecule has 2 aromatic rings. The van der Waals surface area contributed by atoms with Crippen molar-refractivity contribution >= 4 is 5.91 Å². The molecule has 26 heavy (non-hydrogen) atoms. The van der Waals surface area contributed by atoms with Crippen LogP contribution in [0.4, 0.5) is 4.39 Å². The molecule has 2 aliphatic heterocycles. The Morgan fingerprint density at radius 2 is 2.23 bits per heavy atom. The maximum absolute atomic E-state index is 13.4. The van der Waals surface area contributed by atoms with E-state index in [9.17, 15) is 9.18 Å². The van der Waals surface area contributed by atoms with Gasteiger partial charge in [-0.3, -0.25) is 9.69 Å². The molecular formula is C20H25FN4O. The summed E-state index contributed by atoms with van der Waals surface area (Å²) in [5, 5.41) is 0. The summed E-state index contributed by atoms with van der Waals surface area (Å²) in [7, 11) is 0. The number of rotatable bonds is 5. The fourth-order valence-electron chi connectivity index (χ4n) is 4.42. The fraction of sp³-hybridized carbons (Fsp3) is 0.500. The Morgan fingerprint density at radius 1 is 1.31 bits per heavy atom. The van der Waals surface area contributed by atoms with Crippen molar-refractivity contribution in [2.75, 3.05) is 19.6 Å². The van der Waals surface area contributed by atoms with E-state index in [-0.39, 0.29) is 11.7 Å². The summed E-state index contributed by atoms with van der Waals surface area (Å²) >= 11 is 0. The number of nitrogens with zero attached hydrogens (tertiary/aromatic N) is 3. The van der Waals surface area contributed by atoms with Gasteiger partial charge in [0, 0.05) is 57.0 Å². The number of nitrogens with one attached hydrogen (secondary N) is 1. The van der Waals surface area contributed by atoms with E-state index in [0.29, 0.717) is 18.4 Å². The number of hydrogen-bond acceptors (Lipinski definition) is 3. The molecule has 138 valence electrons. The Balaban J connectivity index is 1.37. The number of H-pyrrole nitrogens is 1. The van der Waals surface area contributed by atoms with Crippen molar-refractivity contribution in [2.45, 2.75) is 38.3 Å². The maximum atomic E-state index is 13.4. The standard InChI is InChI=1S/C20H25FN4O/c21-17-3-1-2-15(10-17)12-24-8-7-19-16(13-24)4-5-20(26)25(19)9-6-18-11-22-14-23-18/h1-3,10-11,14,16,19H,4-9,12-13H2,(H,22,23)/t16-,19+/m1/s1. The van der Waals surface area contributed by atoms with Gasteiger partial charge in [-0.05, 0) is 36.5 Å². The highest BCUT2D eigenvalue weighted by Crippen LogP contribution is 2.32. The van der Waals surface area contributed by atoms with Gasteiger partial charge in [0.1, 0.15) is 5.82 Å². The molecule has 2 fully saturated rings. The third-order valence-electron chi connectivity index (χ3n) is 5.70. The van der Waals surface area contributed by atoms with Crippen molar-refractivity contribution in [3.63, 3.8) is 0 Å². The number of halogens is 1. The summed E-state index contributed by atoms with van der Waals surface area (Å²) in [4.78, 5) is 24.1. The number of likely N-dealkylation sites (tertiary alicyclic amines) is 2. The Morgan fingerprint density at radius 3 is 3.04 bits per heavy atom. The molecule has 1 N–H and O–H groups in total. The molecule has 3 heterocycles. The first-order chi connectivity index (χ1) is 12.7. The zero-order chi connectivity index (χ0) is 17.9. The molecular weight excluding hydrogens is 331 g/mol. The molecule has 1 aromatic carbocycles. The molecule has 5 nitrogen and oxygen atoms in total. The summed E-state index contributed by atoms with van der Waals surface area (Å²) in [6, 6.07) is 7.19. The fourth-order valence-corrected chi connectivity index (χ4v) is 4.42. The monoisotopic (exact) mass is 356 g/mol. The summed E-state index contributed by atoms with van der Waals surface area (Å²) < 4.78 is 13.4. The van der Waals surface area contributed by atoms with Crippen LogP contribution in [-0.4, -0.2) is 51.4 Å². The average molecular weight is 356 g/mol. The molecule has 4 rings (SSSR count). The van der Waals surface area contributed by atoms with Gasteiger partial charge in [0.15, 0.2) is 0 Å². The minimum Gasteiger partial charge on any atom is -0.348 e. The van der Waals surface area contributed by atoms with Crippen molar-refractivity contribution in [1.82, 2.24) is 19.8 Å². The van der Waals surface area contributed by atoms with Gasteiger partial charge in [0.25, 0.3) is 0 Å². The molecule has 0 unspecified atom stereocenters. The largest absolute Gasteiger partial charge is 0.348 e. The van der Waals surface area contributed by atoms with Gasteiger partial charge in [-0.25, -0.2) is 9.37 Å². The van der Waals surface area contributed by atoms with Crippen LogP contribution in [0.25, 0.3) is 0 Å². The quantitative estimate of drug-likeness (QED) is 0.896. The zero-order valence-electron chi connectivity index (χ0n) is 14.9. The normalized spacial score (nSPS) is 23.9. The van der Waals surface area contributed by atoms with Crippen LogP contribution in [0, 0.1) is 11.7 Å². The highest BCUT2D eigenvalue weighted by molar-refractivity contribution is 5.77. The lowest BCUT2D eigenvalue weighted by Crippen LogP contribution is -2.56. The molecule has 0 radical (unpaired) electrons. The van der Waals surface area contributed by atoms with Crippen LogP contribution >= 0.6 is 0 Å². The minimum atomic E-state index is -0.175. The molecule has 0 aliphatic carbocycles. The van der Waals surface area contributed by atoms with Crippen molar-refractivity contribution in [2.24, 2.45) is 5.92 Å². The molecule has 1 aromatic heterocycles. The summed E-state index contributed by atoms with van der Waals surface area (Å²) in [6.07, 6.45) is 6.92. The summed E-state index contributed by atoms with van der Waals surface area (Å²) in [6.45, 7) is 3.47. The van der Waals surface area contributed by atoms with Gasteiger partial charge in [0.2, 0.25) is 5.91 Å². The second-order valence-electron chi connectivity index (χ2n) is 7.43. The lowest BCUT2D eigenvalue weighted by Gasteiger charge is -2.47. The lowest BCUT2D eigenvalue weighted by molar-refractivity contribution is -0.141. The van der Waals surface area contributed by atoms with E-state index in [0.717, 1.165) is 56.7 Å². The number of benzene rings is 1. The number of amides is 1. The van der Waals surface area contributed by atoms with Crippen LogP contribution in [0.2, 0.25) is 0 Å². The highest BCUT2D eigenvalue weighted by atomic mass is 19.1. The SMILES string of the molecule is O=C1CC[C@@H]2CN(Cc3cccc(F)c3)CC[C@@H]2N1CCc1cnc[nH]1. The second kappa shape index (κ2) is 7.58. The Bertz CT molecular complexity index is 748. The molecule has 0 saturated carbocycles. The topological polar surface area (TPSA) is 52.2 Å². The van der Waals surface area contributed by atoms with Crippen molar-refractivity contribution in [3.05, 3.63) is 53.9 Å². The van der Waals surface area contributed by atoms with E-state index in [1.54, 1.807) is 18.5 Å². The number of piperidine rings is 2. The summed E-state index contributed by atoms with van der Waals surface area (Å²) in [5.41, 5.74) is 2.09. The summed E-state index contributed by atoms with van der Waals surface area (Å²) in [5.74, 6) is 0.617. The molecule has 6 heteroatoms. The molecule has 1 amide bonds. The Kier molecular flexibility index (Phi) is 5.02. The van der Waals surface area contributed by atoms with E-state index < -0.39 is 0 Å². The van der Waals surface area contributed by atoms with Gasteiger partial charge in [0.05, 0.1) is 6.33 Å².